The van der Waals surface area contributed by atoms with Crippen molar-refractivity contribution in [2.45, 2.75) is 12.8 Å². The highest BCUT2D eigenvalue weighted by atomic mass is 32.1. The summed E-state index contributed by atoms with van der Waals surface area (Å²) in [6.07, 6.45) is -4.37. The van der Waals surface area contributed by atoms with Crippen molar-refractivity contribution < 1.29 is 32.2 Å². The molecule has 0 saturated carbocycles. The van der Waals surface area contributed by atoms with Gasteiger partial charge in [0.25, 0.3) is 11.8 Å². The highest BCUT2D eigenvalue weighted by Crippen LogP contribution is 2.34. The van der Waals surface area contributed by atoms with Crippen LogP contribution < -0.4 is 10.1 Å². The van der Waals surface area contributed by atoms with E-state index < -0.39 is 23.9 Å². The number of hydrogen-bond donors (Lipinski definition) is 1. The fourth-order valence-corrected chi connectivity index (χ4v) is 3.59. The number of alkyl halides is 3. The molecule has 2 amide bonds. The van der Waals surface area contributed by atoms with Crippen LogP contribution in [0.2, 0.25) is 0 Å². The predicted molar refractivity (Wildman–Crippen MR) is 101 cm³/mol. The first-order valence-corrected chi connectivity index (χ1v) is 9.44. The average Bonchev–Trinajstić information content (AvgIpc) is 3.24. The number of hydrogen-bond acceptors (Lipinski definition) is 6. The molecule has 6 nitrogen and oxygen atoms in total. The number of carbonyl (C=O) groups excluding carboxylic acids is 2. The van der Waals surface area contributed by atoms with Crippen molar-refractivity contribution in [2.75, 3.05) is 25.6 Å². The zero-order valence-electron chi connectivity index (χ0n) is 15.3. The van der Waals surface area contributed by atoms with Gasteiger partial charge in [0.2, 0.25) is 0 Å². The van der Waals surface area contributed by atoms with Crippen LogP contribution in [0, 0.1) is 0 Å². The Balaban J connectivity index is 1.91. The second-order valence-electron chi connectivity index (χ2n) is 6.04. The second-order valence-corrected chi connectivity index (χ2v) is 6.98. The van der Waals surface area contributed by atoms with E-state index in [0.717, 1.165) is 17.0 Å². The summed E-state index contributed by atoms with van der Waals surface area (Å²) in [5, 5.41) is 4.57. The molecule has 2 heterocycles. The zero-order chi connectivity index (χ0) is 21.0. The molecule has 0 atom stereocenters. The maximum absolute atomic E-state index is 12.9. The summed E-state index contributed by atoms with van der Waals surface area (Å²) < 4.78 is 46.3. The fourth-order valence-electron chi connectivity index (χ4n) is 2.83. The third kappa shape index (κ3) is 4.96. The van der Waals surface area contributed by atoms with Gasteiger partial charge >= 0.3 is 6.36 Å². The Labute approximate surface area is 168 Å². The lowest BCUT2D eigenvalue weighted by Crippen LogP contribution is -2.33. The minimum atomic E-state index is -4.84. The third-order valence-corrected chi connectivity index (χ3v) is 4.89. The number of ether oxygens (including phenoxy) is 2. The van der Waals surface area contributed by atoms with Crippen LogP contribution in [0.4, 0.5) is 18.9 Å². The van der Waals surface area contributed by atoms with Gasteiger partial charge in [0.1, 0.15) is 11.4 Å². The Bertz CT molecular complexity index is 926. The molecule has 2 aromatic rings. The van der Waals surface area contributed by atoms with Gasteiger partial charge in [0, 0.05) is 36.9 Å². The normalized spacial score (nSPS) is 14.7. The molecule has 0 spiro atoms. The van der Waals surface area contributed by atoms with Gasteiger partial charge in [-0.05, 0) is 30.0 Å². The molecule has 1 aromatic carbocycles. The monoisotopic (exact) mass is 426 g/mol. The van der Waals surface area contributed by atoms with Crippen LogP contribution in [0.3, 0.4) is 0 Å². The number of carbonyl (C=O) groups is 2. The van der Waals surface area contributed by atoms with Gasteiger partial charge in [-0.1, -0.05) is 12.1 Å². The molecule has 1 N–H and O–H groups in total. The van der Waals surface area contributed by atoms with Crippen LogP contribution in [-0.4, -0.2) is 43.3 Å². The first kappa shape index (κ1) is 20.9. The van der Waals surface area contributed by atoms with Gasteiger partial charge in [-0.2, -0.15) is 0 Å². The number of rotatable bonds is 8. The molecule has 1 aromatic heterocycles. The largest absolute Gasteiger partial charge is 0.573 e. The number of thiophene rings is 1. The van der Waals surface area contributed by atoms with Crippen molar-refractivity contribution in [2.24, 2.45) is 0 Å². The first-order valence-electron chi connectivity index (χ1n) is 8.56. The van der Waals surface area contributed by atoms with E-state index in [0.29, 0.717) is 17.9 Å². The van der Waals surface area contributed by atoms with Crippen molar-refractivity contribution in [1.82, 2.24) is 4.90 Å². The van der Waals surface area contributed by atoms with Gasteiger partial charge in [0.15, 0.2) is 0 Å². The van der Waals surface area contributed by atoms with Gasteiger partial charge in [0.05, 0.1) is 5.57 Å². The molecule has 1 aliphatic rings. The van der Waals surface area contributed by atoms with E-state index in [9.17, 15) is 22.8 Å². The smallest absolute Gasteiger partial charge is 0.406 e. The van der Waals surface area contributed by atoms with E-state index in [2.05, 4.69) is 10.1 Å². The molecular formula is C19H17F3N2O4S. The Hall–Kier alpha value is -2.85. The van der Waals surface area contributed by atoms with Gasteiger partial charge in [-0.3, -0.25) is 14.5 Å². The van der Waals surface area contributed by atoms with Crippen molar-refractivity contribution in [1.29, 1.82) is 0 Å². The fraction of sp³-hybridized carbons (Fsp3) is 0.263. The summed E-state index contributed by atoms with van der Waals surface area (Å²) in [6.45, 7) is 0.549. The van der Waals surface area contributed by atoms with Gasteiger partial charge in [-0.25, -0.2) is 0 Å². The van der Waals surface area contributed by atoms with Gasteiger partial charge < -0.3 is 14.8 Å². The Morgan fingerprint density at radius 2 is 1.93 bits per heavy atom. The van der Waals surface area contributed by atoms with Crippen LogP contribution in [0.15, 0.2) is 47.5 Å². The Kier molecular flexibility index (Phi) is 6.23. The summed E-state index contributed by atoms with van der Waals surface area (Å²) in [5.41, 5.74) is 0.388. The minimum Gasteiger partial charge on any atom is -0.406 e. The number of anilines is 1. The number of halogens is 3. The summed E-state index contributed by atoms with van der Waals surface area (Å²) in [5.74, 6) is -1.44. The number of amides is 2. The standard InChI is InChI=1S/C19H17F3N2O4S/c1-27-9-4-8-24-17(25)15(14-7-3-10-29-14)16(18(24)26)23-12-5-2-6-13(11-12)28-19(20,21)22/h2-3,5-7,10-11,23H,4,8-9H2,1H3. The summed E-state index contributed by atoms with van der Waals surface area (Å²) >= 11 is 1.29. The van der Waals surface area contributed by atoms with Crippen molar-refractivity contribution in [3.8, 4) is 5.75 Å². The SMILES string of the molecule is COCCCN1C(=O)C(Nc2cccc(OC(F)(F)F)c2)=C(c2cccs2)C1=O. The lowest BCUT2D eigenvalue weighted by molar-refractivity contribution is -0.274. The topological polar surface area (TPSA) is 67.9 Å². The number of methoxy groups -OCH3 is 1. The molecule has 0 saturated heterocycles. The maximum Gasteiger partial charge on any atom is 0.573 e. The van der Waals surface area contributed by atoms with Crippen LogP contribution in [0.25, 0.3) is 5.57 Å². The van der Waals surface area contributed by atoms with Crippen molar-refractivity contribution in [3.63, 3.8) is 0 Å². The minimum absolute atomic E-state index is 0.0130. The maximum atomic E-state index is 12.9. The average molecular weight is 426 g/mol. The van der Waals surface area contributed by atoms with Crippen molar-refractivity contribution >= 4 is 34.4 Å². The van der Waals surface area contributed by atoms with Crippen LogP contribution in [0.5, 0.6) is 5.75 Å². The first-order chi connectivity index (χ1) is 13.8. The van der Waals surface area contributed by atoms with E-state index >= 15 is 0 Å². The molecule has 29 heavy (non-hydrogen) atoms. The number of imide groups is 1. The summed E-state index contributed by atoms with van der Waals surface area (Å²) in [6, 6.07) is 8.53. The second kappa shape index (κ2) is 8.66. The highest BCUT2D eigenvalue weighted by molar-refractivity contribution is 7.11. The Morgan fingerprint density at radius 3 is 2.59 bits per heavy atom. The lowest BCUT2D eigenvalue weighted by Gasteiger charge is -2.15. The van der Waals surface area contributed by atoms with E-state index in [1.54, 1.807) is 17.5 Å². The molecule has 0 radical (unpaired) electrons. The Morgan fingerprint density at radius 1 is 1.14 bits per heavy atom. The van der Waals surface area contributed by atoms with Crippen LogP contribution >= 0.6 is 11.3 Å². The van der Waals surface area contributed by atoms with Gasteiger partial charge in [-0.15, -0.1) is 24.5 Å². The molecule has 0 unspecified atom stereocenters. The molecule has 3 rings (SSSR count). The quantitative estimate of drug-likeness (QED) is 0.513. The zero-order valence-corrected chi connectivity index (χ0v) is 16.1. The molecule has 0 fully saturated rings. The molecule has 10 heteroatoms. The number of benzene rings is 1. The summed E-state index contributed by atoms with van der Waals surface area (Å²) in [4.78, 5) is 27.4. The molecule has 154 valence electrons. The van der Waals surface area contributed by atoms with E-state index in [1.807, 2.05) is 0 Å². The molecular weight excluding hydrogens is 409 g/mol. The van der Waals surface area contributed by atoms with Crippen LogP contribution in [0.1, 0.15) is 11.3 Å². The van der Waals surface area contributed by atoms with E-state index in [-0.39, 0.29) is 23.5 Å². The molecule has 0 aliphatic carbocycles. The number of nitrogens with zero attached hydrogens (tertiary/aromatic N) is 1. The molecule has 1 aliphatic heterocycles. The number of nitrogens with one attached hydrogen (secondary N) is 1. The third-order valence-electron chi connectivity index (χ3n) is 4.00. The van der Waals surface area contributed by atoms with E-state index in [4.69, 9.17) is 4.74 Å². The predicted octanol–water partition coefficient (Wildman–Crippen LogP) is 3.88. The molecule has 0 bridgehead atoms. The van der Waals surface area contributed by atoms with Crippen molar-refractivity contribution in [3.05, 3.63) is 52.4 Å². The highest BCUT2D eigenvalue weighted by Gasteiger charge is 2.39. The van der Waals surface area contributed by atoms with Crippen LogP contribution in [-0.2, 0) is 14.3 Å². The lowest BCUT2D eigenvalue weighted by atomic mass is 10.2. The van der Waals surface area contributed by atoms with E-state index in [1.165, 1.54) is 30.6 Å². The summed E-state index contributed by atoms with van der Waals surface area (Å²) in [7, 11) is 1.52.